The third kappa shape index (κ3) is 4.11. The minimum atomic E-state index is -0.182. The maximum absolute atomic E-state index is 13.2. The molecule has 8 nitrogen and oxygen atoms in total. The van der Waals surface area contributed by atoms with Crippen LogP contribution in [-0.4, -0.2) is 50.5 Å². The molecule has 0 saturated carbocycles. The highest BCUT2D eigenvalue weighted by atomic mass is 16.2. The number of rotatable bonds is 6. The number of fused-ring (bicyclic) bond motifs is 1. The van der Waals surface area contributed by atoms with Crippen molar-refractivity contribution in [3.8, 4) is 0 Å². The zero-order valence-electron chi connectivity index (χ0n) is 18.5. The van der Waals surface area contributed by atoms with Gasteiger partial charge in [0.1, 0.15) is 5.82 Å². The summed E-state index contributed by atoms with van der Waals surface area (Å²) in [5, 5.41) is 7.15. The topological polar surface area (TPSA) is 98.0 Å². The number of nitrogens with zero attached hydrogens (tertiary/aromatic N) is 4. The molecule has 5 rings (SSSR count). The van der Waals surface area contributed by atoms with E-state index in [4.69, 9.17) is 0 Å². The minimum Gasteiger partial charge on any atom is -0.342 e. The first kappa shape index (κ1) is 20.9. The van der Waals surface area contributed by atoms with E-state index in [-0.39, 0.29) is 17.9 Å². The van der Waals surface area contributed by atoms with Crippen LogP contribution >= 0.6 is 0 Å². The van der Waals surface area contributed by atoms with Crippen molar-refractivity contribution in [3.05, 3.63) is 77.9 Å². The highest BCUT2D eigenvalue weighted by Gasteiger charge is 2.34. The molecule has 0 radical (unpaired) electrons. The molecule has 1 aliphatic rings. The largest absolute Gasteiger partial charge is 0.342 e. The van der Waals surface area contributed by atoms with Gasteiger partial charge in [-0.15, -0.1) is 0 Å². The Morgan fingerprint density at radius 3 is 2.73 bits per heavy atom. The molecule has 2 amide bonds. The Hall–Kier alpha value is -3.94. The third-order valence-electron chi connectivity index (χ3n) is 6.27. The van der Waals surface area contributed by atoms with E-state index in [0.29, 0.717) is 30.6 Å². The molecule has 8 heteroatoms. The van der Waals surface area contributed by atoms with Gasteiger partial charge in [0.05, 0.1) is 34.5 Å². The van der Waals surface area contributed by atoms with Gasteiger partial charge in [-0.1, -0.05) is 30.3 Å². The lowest BCUT2D eigenvalue weighted by atomic mass is 10.1. The molecule has 1 atom stereocenters. The fourth-order valence-electron chi connectivity index (χ4n) is 4.53. The number of benzene rings is 2. The van der Waals surface area contributed by atoms with Crippen LogP contribution in [0.3, 0.4) is 0 Å². The standard InChI is InChI=1S/C25H26N6O2/c1-30(17-8-3-2-4-9-17)25(33)18-16-26-29-24(18)21-12-7-15-31(21)23(32)14-13-22-27-19-10-5-6-11-20(19)28-22/h2-6,8-11,16,21H,7,12-15H2,1H3,(H,26,29)(H,27,28)/t21-/m0/s1. The predicted molar refractivity (Wildman–Crippen MR) is 126 cm³/mol. The van der Waals surface area contributed by atoms with Gasteiger partial charge >= 0.3 is 0 Å². The molecule has 1 fully saturated rings. The van der Waals surface area contributed by atoms with Crippen molar-refractivity contribution in [1.29, 1.82) is 0 Å². The van der Waals surface area contributed by atoms with E-state index in [1.165, 1.54) is 0 Å². The van der Waals surface area contributed by atoms with Gasteiger partial charge in [0.25, 0.3) is 5.91 Å². The van der Waals surface area contributed by atoms with E-state index >= 15 is 0 Å². The molecular formula is C25H26N6O2. The molecule has 3 heterocycles. The average Bonchev–Trinajstić information content (AvgIpc) is 3.60. The molecule has 2 aromatic carbocycles. The molecule has 33 heavy (non-hydrogen) atoms. The summed E-state index contributed by atoms with van der Waals surface area (Å²) >= 11 is 0. The number of aryl methyl sites for hydroxylation is 1. The van der Waals surface area contributed by atoms with E-state index in [2.05, 4.69) is 20.2 Å². The molecule has 0 spiro atoms. The lowest BCUT2D eigenvalue weighted by Crippen LogP contribution is -2.33. The first-order chi connectivity index (χ1) is 16.1. The zero-order valence-corrected chi connectivity index (χ0v) is 18.5. The number of hydrogen-bond acceptors (Lipinski definition) is 4. The highest BCUT2D eigenvalue weighted by Crippen LogP contribution is 2.34. The Labute approximate surface area is 191 Å². The number of para-hydroxylation sites is 3. The second-order valence-corrected chi connectivity index (χ2v) is 8.34. The SMILES string of the molecule is CN(C(=O)c1cn[nH]c1[C@@H]1CCCN1C(=O)CCc1nc2ccccc2[nH]1)c1ccccc1. The monoisotopic (exact) mass is 442 g/mol. The maximum atomic E-state index is 13.2. The Morgan fingerprint density at radius 2 is 1.91 bits per heavy atom. The number of hydrogen-bond donors (Lipinski definition) is 2. The molecule has 0 unspecified atom stereocenters. The zero-order chi connectivity index (χ0) is 22.8. The number of nitrogens with one attached hydrogen (secondary N) is 2. The van der Waals surface area contributed by atoms with E-state index in [1.807, 2.05) is 59.5 Å². The number of anilines is 1. The summed E-state index contributed by atoms with van der Waals surface area (Å²) in [5.74, 6) is 0.719. The predicted octanol–water partition coefficient (Wildman–Crippen LogP) is 3.86. The van der Waals surface area contributed by atoms with Crippen LogP contribution < -0.4 is 4.90 Å². The van der Waals surface area contributed by atoms with Crippen LogP contribution in [0.25, 0.3) is 11.0 Å². The number of carbonyl (C=O) groups excluding carboxylic acids is 2. The Balaban J connectivity index is 1.30. The van der Waals surface area contributed by atoms with Gasteiger partial charge in [0.2, 0.25) is 5.91 Å². The molecule has 1 aliphatic heterocycles. The summed E-state index contributed by atoms with van der Waals surface area (Å²) < 4.78 is 0. The summed E-state index contributed by atoms with van der Waals surface area (Å²) in [7, 11) is 1.75. The Morgan fingerprint density at radius 1 is 1.12 bits per heavy atom. The number of imidazole rings is 1. The fourth-order valence-corrected chi connectivity index (χ4v) is 4.53. The van der Waals surface area contributed by atoms with E-state index < -0.39 is 0 Å². The summed E-state index contributed by atoms with van der Waals surface area (Å²) in [6.07, 6.45) is 4.16. The number of H-pyrrole nitrogens is 2. The summed E-state index contributed by atoms with van der Waals surface area (Å²) in [6, 6.07) is 17.2. The van der Waals surface area contributed by atoms with Crippen molar-refractivity contribution in [2.45, 2.75) is 31.7 Å². The van der Waals surface area contributed by atoms with Crippen molar-refractivity contribution in [2.24, 2.45) is 0 Å². The Bertz CT molecular complexity index is 1250. The minimum absolute atomic E-state index is 0.0577. The van der Waals surface area contributed by atoms with Crippen LogP contribution in [0.4, 0.5) is 5.69 Å². The van der Waals surface area contributed by atoms with Gasteiger partial charge in [-0.25, -0.2) is 4.98 Å². The third-order valence-corrected chi connectivity index (χ3v) is 6.27. The van der Waals surface area contributed by atoms with Crippen molar-refractivity contribution in [3.63, 3.8) is 0 Å². The normalized spacial score (nSPS) is 15.8. The van der Waals surface area contributed by atoms with Gasteiger partial charge in [-0.05, 0) is 37.1 Å². The lowest BCUT2D eigenvalue weighted by molar-refractivity contribution is -0.132. The number of likely N-dealkylation sites (tertiary alicyclic amines) is 1. The molecule has 0 bridgehead atoms. The van der Waals surface area contributed by atoms with E-state index in [1.54, 1.807) is 18.1 Å². The van der Waals surface area contributed by atoms with Gasteiger partial charge in [-0.2, -0.15) is 5.10 Å². The molecule has 2 aromatic heterocycles. The van der Waals surface area contributed by atoms with Crippen molar-refractivity contribution < 1.29 is 9.59 Å². The second kappa shape index (κ2) is 8.90. The van der Waals surface area contributed by atoms with Crippen LogP contribution in [-0.2, 0) is 11.2 Å². The number of carbonyl (C=O) groups is 2. The molecular weight excluding hydrogens is 416 g/mol. The van der Waals surface area contributed by atoms with Crippen molar-refractivity contribution >= 4 is 28.5 Å². The first-order valence-electron chi connectivity index (χ1n) is 11.2. The van der Waals surface area contributed by atoms with Gasteiger partial charge in [0.15, 0.2) is 0 Å². The van der Waals surface area contributed by atoms with Gasteiger partial charge in [-0.3, -0.25) is 14.7 Å². The summed E-state index contributed by atoms with van der Waals surface area (Å²) in [4.78, 5) is 37.7. The first-order valence-corrected chi connectivity index (χ1v) is 11.2. The van der Waals surface area contributed by atoms with Crippen LogP contribution in [0.1, 0.15) is 47.2 Å². The van der Waals surface area contributed by atoms with Crippen LogP contribution in [0, 0.1) is 0 Å². The quantitative estimate of drug-likeness (QED) is 0.474. The highest BCUT2D eigenvalue weighted by molar-refractivity contribution is 6.06. The average molecular weight is 443 g/mol. The fraction of sp³-hybridized carbons (Fsp3) is 0.280. The number of aromatic amines is 2. The van der Waals surface area contributed by atoms with Gasteiger partial charge in [0, 0.05) is 32.1 Å². The van der Waals surface area contributed by atoms with Crippen molar-refractivity contribution in [2.75, 3.05) is 18.5 Å². The van der Waals surface area contributed by atoms with Gasteiger partial charge < -0.3 is 14.8 Å². The van der Waals surface area contributed by atoms with Crippen molar-refractivity contribution in [1.82, 2.24) is 25.1 Å². The summed E-state index contributed by atoms with van der Waals surface area (Å²) in [6.45, 7) is 0.671. The van der Waals surface area contributed by atoms with E-state index in [9.17, 15) is 9.59 Å². The number of amides is 2. The maximum Gasteiger partial charge on any atom is 0.261 e. The van der Waals surface area contributed by atoms with Crippen LogP contribution in [0.5, 0.6) is 0 Å². The number of aromatic nitrogens is 4. The summed E-state index contributed by atoms with van der Waals surface area (Å²) in [5.41, 5.74) is 3.89. The second-order valence-electron chi connectivity index (χ2n) is 8.34. The van der Waals surface area contributed by atoms with Crippen LogP contribution in [0.15, 0.2) is 60.8 Å². The molecule has 168 valence electrons. The van der Waals surface area contributed by atoms with Crippen LogP contribution in [0.2, 0.25) is 0 Å². The molecule has 0 aliphatic carbocycles. The molecule has 2 N–H and O–H groups in total. The van der Waals surface area contributed by atoms with E-state index in [0.717, 1.165) is 35.4 Å². The molecule has 1 saturated heterocycles. The Kier molecular flexibility index (Phi) is 5.64. The smallest absolute Gasteiger partial charge is 0.261 e. The molecule has 4 aromatic rings. The lowest BCUT2D eigenvalue weighted by Gasteiger charge is -2.25.